The lowest BCUT2D eigenvalue weighted by atomic mass is 9.95. The quantitative estimate of drug-likeness (QED) is 0.293. The van der Waals surface area contributed by atoms with Gasteiger partial charge in [-0.05, 0) is 43.2 Å². The van der Waals surface area contributed by atoms with Crippen LogP contribution < -0.4 is 4.90 Å². The molecule has 0 aliphatic carbocycles. The summed E-state index contributed by atoms with van der Waals surface area (Å²) in [4.78, 5) is 22.7. The van der Waals surface area contributed by atoms with Gasteiger partial charge in [-0.25, -0.2) is 9.38 Å². The van der Waals surface area contributed by atoms with Gasteiger partial charge in [-0.2, -0.15) is 0 Å². The van der Waals surface area contributed by atoms with Gasteiger partial charge in [0.15, 0.2) is 11.5 Å². The van der Waals surface area contributed by atoms with Crippen LogP contribution in [0.15, 0.2) is 72.8 Å². The van der Waals surface area contributed by atoms with Gasteiger partial charge >= 0.3 is 0 Å². The molecule has 192 valence electrons. The minimum absolute atomic E-state index is 0.124. The van der Waals surface area contributed by atoms with E-state index in [2.05, 4.69) is 41.1 Å². The Bertz CT molecular complexity index is 1620. The minimum Gasteiger partial charge on any atom is -0.339 e. The number of carbonyl (C=O) groups excluding carboxylic acids is 1. The average molecular weight is 525 g/mol. The predicted molar refractivity (Wildman–Crippen MR) is 152 cm³/mol. The van der Waals surface area contributed by atoms with E-state index in [-0.39, 0.29) is 11.8 Å². The molecule has 0 spiro atoms. The molecule has 1 saturated heterocycles. The van der Waals surface area contributed by atoms with Gasteiger partial charge < -0.3 is 9.80 Å². The summed E-state index contributed by atoms with van der Waals surface area (Å²) in [6, 6.07) is 24.0. The van der Waals surface area contributed by atoms with Crippen molar-refractivity contribution >= 4 is 40.0 Å². The van der Waals surface area contributed by atoms with Gasteiger partial charge in [0.25, 0.3) is 0 Å². The summed E-state index contributed by atoms with van der Waals surface area (Å²) in [5, 5.41) is 10.7. The van der Waals surface area contributed by atoms with E-state index in [1.54, 1.807) is 0 Å². The maximum Gasteiger partial charge on any atom is 0.230 e. The molecule has 1 amide bonds. The van der Waals surface area contributed by atoms with Crippen LogP contribution in [0.25, 0.3) is 27.9 Å². The number of piperazine rings is 1. The number of carbonyl (C=O) groups is 1. The van der Waals surface area contributed by atoms with E-state index < -0.39 is 0 Å². The van der Waals surface area contributed by atoms with Crippen molar-refractivity contribution in [3.05, 3.63) is 88.9 Å². The van der Waals surface area contributed by atoms with Gasteiger partial charge in [-0.1, -0.05) is 72.6 Å². The Labute approximate surface area is 226 Å². The summed E-state index contributed by atoms with van der Waals surface area (Å²) < 4.78 is 2.04. The largest absolute Gasteiger partial charge is 0.339 e. The van der Waals surface area contributed by atoms with Crippen molar-refractivity contribution in [2.45, 2.75) is 26.2 Å². The second-order valence-electron chi connectivity index (χ2n) is 9.81. The SMILES string of the molecule is CC[C@@H](C(=O)N1CCN(c2nc3cc(Cl)ccc3c3nnc(-c4cccc(C)c4)n23)CC1)c1ccccc1. The van der Waals surface area contributed by atoms with Crippen molar-refractivity contribution < 1.29 is 4.79 Å². The summed E-state index contributed by atoms with van der Waals surface area (Å²) in [5.41, 5.74) is 4.72. The number of aryl methyl sites for hydroxylation is 1. The third-order valence-corrected chi connectivity index (χ3v) is 7.58. The van der Waals surface area contributed by atoms with Crippen molar-refractivity contribution in [3.63, 3.8) is 0 Å². The highest BCUT2D eigenvalue weighted by Crippen LogP contribution is 2.31. The molecule has 1 fully saturated rings. The lowest BCUT2D eigenvalue weighted by Crippen LogP contribution is -2.50. The summed E-state index contributed by atoms with van der Waals surface area (Å²) in [6.45, 7) is 6.72. The molecule has 1 aliphatic heterocycles. The molecule has 2 aromatic heterocycles. The number of rotatable bonds is 5. The number of hydrogen-bond acceptors (Lipinski definition) is 5. The number of anilines is 1. The molecule has 5 aromatic rings. The van der Waals surface area contributed by atoms with Crippen molar-refractivity contribution in [2.75, 3.05) is 31.1 Å². The zero-order valence-electron chi connectivity index (χ0n) is 21.5. The van der Waals surface area contributed by atoms with Gasteiger partial charge in [-0.3, -0.25) is 4.79 Å². The van der Waals surface area contributed by atoms with Crippen LogP contribution in [0.4, 0.5) is 5.95 Å². The van der Waals surface area contributed by atoms with Crippen LogP contribution in [0, 0.1) is 6.92 Å². The molecular weight excluding hydrogens is 496 g/mol. The predicted octanol–water partition coefficient (Wildman–Crippen LogP) is 5.75. The monoisotopic (exact) mass is 524 g/mol. The van der Waals surface area contributed by atoms with E-state index in [1.807, 2.05) is 70.0 Å². The van der Waals surface area contributed by atoms with Crippen molar-refractivity contribution in [2.24, 2.45) is 0 Å². The summed E-state index contributed by atoms with van der Waals surface area (Å²) >= 11 is 6.33. The molecule has 1 aliphatic rings. The fourth-order valence-corrected chi connectivity index (χ4v) is 5.53. The Kier molecular flexibility index (Phi) is 6.45. The molecule has 0 saturated carbocycles. The fraction of sp³-hybridized carbons (Fsp3) is 0.267. The Morgan fingerprint density at radius 2 is 1.74 bits per heavy atom. The summed E-state index contributed by atoms with van der Waals surface area (Å²) in [7, 11) is 0. The zero-order chi connectivity index (χ0) is 26.2. The van der Waals surface area contributed by atoms with Crippen molar-refractivity contribution in [1.82, 2.24) is 24.5 Å². The highest BCUT2D eigenvalue weighted by molar-refractivity contribution is 6.31. The smallest absolute Gasteiger partial charge is 0.230 e. The summed E-state index contributed by atoms with van der Waals surface area (Å²) in [6.07, 6.45) is 0.775. The zero-order valence-corrected chi connectivity index (χ0v) is 22.3. The third kappa shape index (κ3) is 4.37. The van der Waals surface area contributed by atoms with Crippen LogP contribution in [-0.4, -0.2) is 56.6 Å². The third-order valence-electron chi connectivity index (χ3n) is 7.34. The van der Waals surface area contributed by atoms with E-state index in [0.717, 1.165) is 51.4 Å². The Morgan fingerprint density at radius 1 is 0.947 bits per heavy atom. The molecule has 1 atom stereocenters. The second-order valence-corrected chi connectivity index (χ2v) is 10.2. The molecule has 0 bridgehead atoms. The highest BCUT2D eigenvalue weighted by Gasteiger charge is 2.29. The van der Waals surface area contributed by atoms with E-state index in [9.17, 15) is 4.79 Å². The second kappa shape index (κ2) is 10.1. The fourth-order valence-electron chi connectivity index (χ4n) is 5.36. The van der Waals surface area contributed by atoms with Crippen LogP contribution in [0.5, 0.6) is 0 Å². The number of halogens is 1. The Morgan fingerprint density at radius 3 is 2.47 bits per heavy atom. The first-order valence-corrected chi connectivity index (χ1v) is 13.4. The lowest BCUT2D eigenvalue weighted by Gasteiger charge is -2.37. The number of nitrogens with zero attached hydrogens (tertiary/aromatic N) is 6. The summed E-state index contributed by atoms with van der Waals surface area (Å²) in [5.74, 6) is 1.57. The van der Waals surface area contributed by atoms with Gasteiger partial charge in [0.05, 0.1) is 11.4 Å². The first-order chi connectivity index (χ1) is 18.5. The Hall–Kier alpha value is -3.97. The van der Waals surface area contributed by atoms with Gasteiger partial charge in [0.2, 0.25) is 11.9 Å². The highest BCUT2D eigenvalue weighted by atomic mass is 35.5. The molecule has 8 heteroatoms. The van der Waals surface area contributed by atoms with E-state index in [4.69, 9.17) is 16.6 Å². The van der Waals surface area contributed by atoms with E-state index in [1.165, 1.54) is 0 Å². The van der Waals surface area contributed by atoms with Gasteiger partial charge in [-0.15, -0.1) is 10.2 Å². The van der Waals surface area contributed by atoms with E-state index >= 15 is 0 Å². The van der Waals surface area contributed by atoms with Gasteiger partial charge in [0, 0.05) is 42.2 Å². The van der Waals surface area contributed by atoms with Crippen molar-refractivity contribution in [3.8, 4) is 11.4 Å². The number of hydrogen-bond donors (Lipinski definition) is 0. The molecule has 0 N–H and O–H groups in total. The number of amides is 1. The maximum absolute atomic E-state index is 13.5. The minimum atomic E-state index is -0.124. The van der Waals surface area contributed by atoms with Crippen LogP contribution in [0.1, 0.15) is 30.4 Å². The van der Waals surface area contributed by atoms with E-state index in [0.29, 0.717) is 31.2 Å². The normalized spacial score (nSPS) is 14.8. The molecule has 0 unspecified atom stereocenters. The maximum atomic E-state index is 13.5. The number of fused-ring (bicyclic) bond motifs is 3. The molecule has 3 aromatic carbocycles. The Balaban J connectivity index is 1.36. The molecule has 38 heavy (non-hydrogen) atoms. The number of aromatic nitrogens is 4. The topological polar surface area (TPSA) is 66.6 Å². The molecule has 6 rings (SSSR count). The molecule has 3 heterocycles. The first-order valence-electron chi connectivity index (χ1n) is 13.0. The van der Waals surface area contributed by atoms with Crippen molar-refractivity contribution in [1.29, 1.82) is 0 Å². The standard InChI is InChI=1S/C30H29ClN6O/c1-3-24(21-9-5-4-6-10-21)29(38)35-14-16-36(17-15-35)30-32-26-19-23(31)12-13-25(26)28-34-33-27(37(28)30)22-11-7-8-20(2)18-22/h4-13,18-19,24H,3,14-17H2,1-2H3/t24-/m1/s1. The molecular formula is C30H29ClN6O. The number of benzene rings is 3. The van der Waals surface area contributed by atoms with Crippen LogP contribution in [0.2, 0.25) is 5.02 Å². The lowest BCUT2D eigenvalue weighted by molar-refractivity contribution is -0.133. The van der Waals surface area contributed by atoms with Crippen LogP contribution >= 0.6 is 11.6 Å². The van der Waals surface area contributed by atoms with Gasteiger partial charge in [0.1, 0.15) is 0 Å². The average Bonchev–Trinajstić information content (AvgIpc) is 3.39. The first kappa shape index (κ1) is 24.4. The van der Waals surface area contributed by atoms with Crippen LogP contribution in [-0.2, 0) is 4.79 Å². The molecule has 7 nitrogen and oxygen atoms in total. The molecule has 0 radical (unpaired) electrons. The van der Waals surface area contributed by atoms with Crippen LogP contribution in [0.3, 0.4) is 0 Å².